The number of morpholine rings is 1. The minimum Gasteiger partial charge on any atom is -0.489 e. The van der Waals surface area contributed by atoms with Gasteiger partial charge in [0, 0.05) is 37.3 Å². The smallest absolute Gasteiger partial charge is 0.224 e. The van der Waals surface area contributed by atoms with Gasteiger partial charge in [0.05, 0.1) is 19.5 Å². The van der Waals surface area contributed by atoms with E-state index in [2.05, 4.69) is 10.00 Å². The number of hydrogen-bond acceptors (Lipinski definition) is 6. The lowest BCUT2D eigenvalue weighted by atomic mass is 10.2. The maximum absolute atomic E-state index is 12.5. The maximum atomic E-state index is 12.5. The van der Waals surface area contributed by atoms with Crippen molar-refractivity contribution < 1.29 is 13.9 Å². The number of nitrogens with two attached hydrogens (primary N) is 1. The highest BCUT2D eigenvalue weighted by Gasteiger charge is 2.19. The third-order valence-electron chi connectivity index (χ3n) is 4.20. The van der Waals surface area contributed by atoms with E-state index >= 15 is 0 Å². The van der Waals surface area contributed by atoms with E-state index in [1.54, 1.807) is 0 Å². The van der Waals surface area contributed by atoms with Gasteiger partial charge in [0.15, 0.2) is 5.82 Å². The fourth-order valence-corrected chi connectivity index (χ4v) is 2.68. The molecular formula is C18H24FN5O2. The Morgan fingerprint density at radius 1 is 1.31 bits per heavy atom. The van der Waals surface area contributed by atoms with Crippen LogP contribution in [0.15, 0.2) is 36.2 Å². The molecule has 8 heteroatoms. The first kappa shape index (κ1) is 18.3. The number of benzene rings is 1. The van der Waals surface area contributed by atoms with Crippen LogP contribution in [0.1, 0.15) is 6.92 Å². The van der Waals surface area contributed by atoms with Crippen molar-refractivity contribution in [1.82, 2.24) is 14.8 Å². The molecule has 0 spiro atoms. The summed E-state index contributed by atoms with van der Waals surface area (Å²) in [7, 11) is 0. The van der Waals surface area contributed by atoms with Crippen molar-refractivity contribution in [3.8, 4) is 17.1 Å². The zero-order chi connectivity index (χ0) is 18.4. The van der Waals surface area contributed by atoms with Crippen LogP contribution in [-0.4, -0.2) is 54.2 Å². The first-order valence-corrected chi connectivity index (χ1v) is 8.74. The molecule has 26 heavy (non-hydrogen) atoms. The molecule has 3 rings (SSSR count). The van der Waals surface area contributed by atoms with E-state index in [9.17, 15) is 4.39 Å². The molecule has 0 unspecified atom stereocenters. The van der Waals surface area contributed by atoms with E-state index in [0.717, 1.165) is 31.1 Å². The van der Waals surface area contributed by atoms with Gasteiger partial charge < -0.3 is 20.1 Å². The Labute approximate surface area is 152 Å². The second-order valence-corrected chi connectivity index (χ2v) is 5.94. The van der Waals surface area contributed by atoms with Crippen LogP contribution in [0.3, 0.4) is 0 Å². The minimum atomic E-state index is 0.135. The van der Waals surface area contributed by atoms with Crippen LogP contribution < -0.4 is 15.4 Å². The molecule has 2 aromatic rings. The highest BCUT2D eigenvalue weighted by Crippen LogP contribution is 2.23. The Morgan fingerprint density at radius 2 is 2.04 bits per heavy atom. The molecule has 0 atom stereocenters. The SMILES string of the molecule is CCn1nc(-c2ccc(OC/C(=C\F)CN)cc2)nc1N1CCOCC1. The molecule has 1 fully saturated rings. The van der Waals surface area contributed by atoms with Gasteiger partial charge in [-0.15, -0.1) is 5.10 Å². The number of anilines is 1. The van der Waals surface area contributed by atoms with Crippen LogP contribution in [0.25, 0.3) is 11.4 Å². The van der Waals surface area contributed by atoms with E-state index < -0.39 is 0 Å². The van der Waals surface area contributed by atoms with Crippen LogP contribution in [-0.2, 0) is 11.3 Å². The van der Waals surface area contributed by atoms with Crippen molar-refractivity contribution in [2.45, 2.75) is 13.5 Å². The Hall–Kier alpha value is -2.45. The van der Waals surface area contributed by atoms with E-state index in [0.29, 0.717) is 36.7 Å². The Balaban J connectivity index is 1.73. The molecule has 7 nitrogen and oxygen atoms in total. The van der Waals surface area contributed by atoms with Crippen LogP contribution in [0, 0.1) is 0 Å². The maximum Gasteiger partial charge on any atom is 0.224 e. The van der Waals surface area contributed by atoms with Gasteiger partial charge in [0.25, 0.3) is 0 Å². The quantitative estimate of drug-likeness (QED) is 0.813. The third kappa shape index (κ3) is 4.20. The monoisotopic (exact) mass is 361 g/mol. The topological polar surface area (TPSA) is 78.4 Å². The minimum absolute atomic E-state index is 0.135. The van der Waals surface area contributed by atoms with Crippen LogP contribution in [0.2, 0.25) is 0 Å². The summed E-state index contributed by atoms with van der Waals surface area (Å²) in [4.78, 5) is 6.90. The molecule has 1 saturated heterocycles. The van der Waals surface area contributed by atoms with Gasteiger partial charge in [0.2, 0.25) is 5.95 Å². The van der Waals surface area contributed by atoms with Gasteiger partial charge >= 0.3 is 0 Å². The lowest BCUT2D eigenvalue weighted by molar-refractivity contribution is 0.121. The largest absolute Gasteiger partial charge is 0.489 e. The predicted molar refractivity (Wildman–Crippen MR) is 97.9 cm³/mol. The molecule has 0 saturated carbocycles. The zero-order valence-corrected chi connectivity index (χ0v) is 14.9. The number of ether oxygens (including phenoxy) is 2. The Morgan fingerprint density at radius 3 is 2.65 bits per heavy atom. The highest BCUT2D eigenvalue weighted by atomic mass is 19.1. The molecule has 0 bridgehead atoms. The van der Waals surface area contributed by atoms with Crippen molar-refractivity contribution in [3.63, 3.8) is 0 Å². The number of aryl methyl sites for hydroxylation is 1. The van der Waals surface area contributed by atoms with Gasteiger partial charge in [-0.05, 0) is 31.2 Å². The Bertz CT molecular complexity index is 739. The summed E-state index contributed by atoms with van der Waals surface area (Å²) in [6.45, 7) is 6.11. The second-order valence-electron chi connectivity index (χ2n) is 5.94. The number of nitrogens with zero attached hydrogens (tertiary/aromatic N) is 4. The lowest BCUT2D eigenvalue weighted by Crippen LogP contribution is -2.38. The molecule has 0 amide bonds. The van der Waals surface area contributed by atoms with Gasteiger partial charge in [-0.25, -0.2) is 9.07 Å². The summed E-state index contributed by atoms with van der Waals surface area (Å²) in [5.74, 6) is 2.18. The normalized spacial score (nSPS) is 15.3. The molecule has 140 valence electrons. The summed E-state index contributed by atoms with van der Waals surface area (Å²) < 4.78 is 25.4. The zero-order valence-electron chi connectivity index (χ0n) is 14.9. The standard InChI is InChI=1S/C18H24FN5O2/c1-2-24-18(23-7-9-25-10-8-23)21-17(22-24)15-3-5-16(6-4-15)26-13-14(11-19)12-20/h3-6,11H,2,7-10,12-13,20H2,1H3/b14-11-. The summed E-state index contributed by atoms with van der Waals surface area (Å²) >= 11 is 0. The molecule has 1 aliphatic rings. The first-order chi connectivity index (χ1) is 12.7. The number of hydrogen-bond donors (Lipinski definition) is 1. The van der Waals surface area contributed by atoms with E-state index in [-0.39, 0.29) is 13.2 Å². The van der Waals surface area contributed by atoms with Crippen LogP contribution in [0.4, 0.5) is 10.3 Å². The summed E-state index contributed by atoms with van der Waals surface area (Å²) in [6.07, 6.45) is 0.489. The van der Waals surface area contributed by atoms with Crippen molar-refractivity contribution in [2.75, 3.05) is 44.4 Å². The van der Waals surface area contributed by atoms with Crippen molar-refractivity contribution in [3.05, 3.63) is 36.2 Å². The fraction of sp³-hybridized carbons (Fsp3) is 0.444. The summed E-state index contributed by atoms with van der Waals surface area (Å²) in [5, 5.41) is 4.61. The molecule has 1 aromatic heterocycles. The molecule has 1 aliphatic heterocycles. The first-order valence-electron chi connectivity index (χ1n) is 8.74. The highest BCUT2D eigenvalue weighted by molar-refractivity contribution is 5.58. The third-order valence-corrected chi connectivity index (χ3v) is 4.20. The molecule has 2 heterocycles. The fourth-order valence-electron chi connectivity index (χ4n) is 2.68. The van der Waals surface area contributed by atoms with E-state index in [4.69, 9.17) is 20.2 Å². The van der Waals surface area contributed by atoms with Crippen LogP contribution in [0.5, 0.6) is 5.75 Å². The van der Waals surface area contributed by atoms with E-state index in [1.807, 2.05) is 35.9 Å². The average molecular weight is 361 g/mol. The molecule has 2 N–H and O–H groups in total. The lowest BCUT2D eigenvalue weighted by Gasteiger charge is -2.27. The number of aromatic nitrogens is 3. The van der Waals surface area contributed by atoms with Crippen molar-refractivity contribution >= 4 is 5.95 Å². The van der Waals surface area contributed by atoms with Gasteiger partial charge in [-0.3, -0.25) is 0 Å². The Kier molecular flexibility index (Phi) is 6.19. The van der Waals surface area contributed by atoms with Gasteiger partial charge in [0.1, 0.15) is 12.4 Å². The van der Waals surface area contributed by atoms with Gasteiger partial charge in [-0.2, -0.15) is 4.98 Å². The molecule has 0 radical (unpaired) electrons. The summed E-state index contributed by atoms with van der Waals surface area (Å²) in [5.41, 5.74) is 6.73. The van der Waals surface area contributed by atoms with Gasteiger partial charge in [-0.1, -0.05) is 0 Å². The average Bonchev–Trinajstić information content (AvgIpc) is 3.14. The van der Waals surface area contributed by atoms with E-state index in [1.165, 1.54) is 0 Å². The molecule has 1 aromatic carbocycles. The molecule has 0 aliphatic carbocycles. The van der Waals surface area contributed by atoms with Crippen LogP contribution >= 0.6 is 0 Å². The van der Waals surface area contributed by atoms with Crippen molar-refractivity contribution in [1.29, 1.82) is 0 Å². The number of halogens is 1. The predicted octanol–water partition coefficient (Wildman–Crippen LogP) is 1.99. The molecular weight excluding hydrogens is 337 g/mol. The second kappa shape index (κ2) is 8.77. The number of rotatable bonds is 7. The summed E-state index contributed by atoms with van der Waals surface area (Å²) in [6, 6.07) is 7.44. The van der Waals surface area contributed by atoms with Crippen molar-refractivity contribution in [2.24, 2.45) is 5.73 Å².